The Bertz CT molecular complexity index is 1380. The van der Waals surface area contributed by atoms with Crippen molar-refractivity contribution in [2.45, 2.75) is 13.3 Å². The molecule has 0 saturated carbocycles. The molecule has 0 aliphatic carbocycles. The first-order valence-electron chi connectivity index (χ1n) is 10.1. The van der Waals surface area contributed by atoms with Crippen LogP contribution in [0.2, 0.25) is 0 Å². The van der Waals surface area contributed by atoms with Crippen LogP contribution in [0.15, 0.2) is 96.3 Å². The maximum absolute atomic E-state index is 12.7. The minimum Gasteiger partial charge on any atom is -0.287 e. The molecule has 0 unspecified atom stereocenters. The molecule has 5 rings (SSSR count). The maximum Gasteiger partial charge on any atom is 0.209 e. The van der Waals surface area contributed by atoms with Gasteiger partial charge in [-0.25, -0.2) is 14.0 Å². The molecule has 31 heavy (non-hydrogen) atoms. The third-order valence-corrected chi connectivity index (χ3v) is 5.15. The molecule has 2 aromatic carbocycles. The van der Waals surface area contributed by atoms with Crippen LogP contribution in [-0.4, -0.2) is 29.3 Å². The largest absolute Gasteiger partial charge is 0.287 e. The van der Waals surface area contributed by atoms with E-state index >= 15 is 0 Å². The molecule has 7 heteroatoms. The smallest absolute Gasteiger partial charge is 0.209 e. The van der Waals surface area contributed by atoms with Crippen LogP contribution in [0.1, 0.15) is 12.5 Å². The summed E-state index contributed by atoms with van der Waals surface area (Å²) in [6.07, 6.45) is 7.86. The molecule has 0 radical (unpaired) electrons. The lowest BCUT2D eigenvalue weighted by molar-refractivity contribution is 0.809. The highest BCUT2D eigenvalue weighted by molar-refractivity contribution is 5.57. The second-order valence-corrected chi connectivity index (χ2v) is 7.05. The molecule has 3 heterocycles. The van der Waals surface area contributed by atoms with Crippen molar-refractivity contribution in [1.29, 1.82) is 0 Å². The average molecular weight is 408 g/mol. The average Bonchev–Trinajstić information content (AvgIpc) is 3.52. The highest BCUT2D eigenvalue weighted by Crippen LogP contribution is 2.21. The summed E-state index contributed by atoms with van der Waals surface area (Å²) >= 11 is 0. The molecule has 0 bridgehead atoms. The third-order valence-electron chi connectivity index (χ3n) is 5.15. The summed E-state index contributed by atoms with van der Waals surface area (Å²) in [5.74, 6) is 0. The van der Waals surface area contributed by atoms with Gasteiger partial charge in [-0.15, -0.1) is 0 Å². The number of aryl methyl sites for hydroxylation is 1. The Labute approximate surface area is 178 Å². The van der Waals surface area contributed by atoms with Crippen molar-refractivity contribution in [1.82, 2.24) is 29.3 Å². The minimum atomic E-state index is -0.153. The van der Waals surface area contributed by atoms with E-state index in [1.165, 1.54) is 0 Å². The van der Waals surface area contributed by atoms with E-state index in [-0.39, 0.29) is 5.43 Å². The van der Waals surface area contributed by atoms with Gasteiger partial charge in [0.25, 0.3) is 0 Å². The Morgan fingerprint density at radius 3 is 2.45 bits per heavy atom. The van der Waals surface area contributed by atoms with Gasteiger partial charge in [0.1, 0.15) is 0 Å². The van der Waals surface area contributed by atoms with Gasteiger partial charge in [-0.05, 0) is 54.4 Å². The fourth-order valence-corrected chi connectivity index (χ4v) is 3.62. The summed E-state index contributed by atoms with van der Waals surface area (Å²) in [5, 5.41) is 13.4. The van der Waals surface area contributed by atoms with Crippen LogP contribution in [0.25, 0.3) is 28.5 Å². The van der Waals surface area contributed by atoms with Crippen molar-refractivity contribution in [3.8, 4) is 28.5 Å². The van der Waals surface area contributed by atoms with Gasteiger partial charge < -0.3 is 0 Å². The van der Waals surface area contributed by atoms with Crippen molar-refractivity contribution < 1.29 is 0 Å². The van der Waals surface area contributed by atoms with Crippen LogP contribution >= 0.6 is 0 Å². The number of hydrogen-bond acceptors (Lipinski definition) is 4. The summed E-state index contributed by atoms with van der Waals surface area (Å²) in [6, 6.07) is 21.1. The van der Waals surface area contributed by atoms with Gasteiger partial charge in [0.2, 0.25) is 5.43 Å². The summed E-state index contributed by atoms with van der Waals surface area (Å²) in [5.41, 5.74) is 4.72. The van der Waals surface area contributed by atoms with Gasteiger partial charge in [-0.1, -0.05) is 25.1 Å². The second kappa shape index (κ2) is 7.87. The van der Waals surface area contributed by atoms with E-state index in [2.05, 4.69) is 23.2 Å². The molecule has 0 aliphatic rings. The maximum atomic E-state index is 12.7. The van der Waals surface area contributed by atoms with E-state index in [4.69, 9.17) is 5.10 Å². The van der Waals surface area contributed by atoms with Gasteiger partial charge in [0.05, 0.1) is 29.0 Å². The molecular formula is C24H20N6O. The zero-order valence-electron chi connectivity index (χ0n) is 17.0. The standard InChI is InChI=1S/C24H20N6O/c1-2-18-17-20(28-15-6-13-25-28)9-10-21(18)29-16-12-23(31)24(27-29)22-11-14-26-30(22)19-7-4-3-5-8-19/h3-17H,2H2,1H3. The number of aromatic nitrogens is 6. The molecule has 7 nitrogen and oxygen atoms in total. The molecule has 0 aliphatic heterocycles. The summed E-state index contributed by atoms with van der Waals surface area (Å²) < 4.78 is 5.31. The van der Waals surface area contributed by atoms with E-state index in [1.807, 2.05) is 65.5 Å². The van der Waals surface area contributed by atoms with Crippen LogP contribution < -0.4 is 5.43 Å². The highest BCUT2D eigenvalue weighted by atomic mass is 16.1. The van der Waals surface area contributed by atoms with Gasteiger partial charge in [-0.2, -0.15) is 15.3 Å². The number of nitrogens with zero attached hydrogens (tertiary/aromatic N) is 6. The predicted octanol–water partition coefficient (Wildman–Crippen LogP) is 3.83. The van der Waals surface area contributed by atoms with Crippen LogP contribution in [0.3, 0.4) is 0 Å². The number of para-hydroxylation sites is 1. The summed E-state index contributed by atoms with van der Waals surface area (Å²) in [7, 11) is 0. The molecule has 0 saturated heterocycles. The van der Waals surface area contributed by atoms with Gasteiger partial charge in [-0.3, -0.25) is 4.79 Å². The molecular weight excluding hydrogens is 388 g/mol. The highest BCUT2D eigenvalue weighted by Gasteiger charge is 2.14. The van der Waals surface area contributed by atoms with Gasteiger partial charge >= 0.3 is 0 Å². The molecule has 3 aromatic heterocycles. The lowest BCUT2D eigenvalue weighted by Crippen LogP contribution is -2.15. The first-order chi connectivity index (χ1) is 15.2. The van der Waals surface area contributed by atoms with E-state index in [9.17, 15) is 4.79 Å². The monoisotopic (exact) mass is 408 g/mol. The lowest BCUT2D eigenvalue weighted by atomic mass is 10.1. The number of benzene rings is 2. The summed E-state index contributed by atoms with van der Waals surface area (Å²) in [6.45, 7) is 2.10. The van der Waals surface area contributed by atoms with Crippen molar-refractivity contribution >= 4 is 0 Å². The Morgan fingerprint density at radius 2 is 1.68 bits per heavy atom. The van der Waals surface area contributed by atoms with Gasteiger partial charge in [0.15, 0.2) is 5.69 Å². The van der Waals surface area contributed by atoms with Gasteiger partial charge in [0, 0.05) is 24.7 Å². The zero-order chi connectivity index (χ0) is 21.2. The predicted molar refractivity (Wildman–Crippen MR) is 119 cm³/mol. The quantitative estimate of drug-likeness (QED) is 0.443. The molecule has 0 amide bonds. The third kappa shape index (κ3) is 3.46. The Kier molecular flexibility index (Phi) is 4.76. The topological polar surface area (TPSA) is 70.5 Å². The minimum absolute atomic E-state index is 0.153. The van der Waals surface area contributed by atoms with E-state index < -0.39 is 0 Å². The lowest BCUT2D eigenvalue weighted by Gasteiger charge is -2.14. The molecule has 0 N–H and O–H groups in total. The molecule has 0 fully saturated rings. The van der Waals surface area contributed by atoms with Crippen LogP contribution in [0.4, 0.5) is 0 Å². The Morgan fingerprint density at radius 1 is 0.806 bits per heavy atom. The van der Waals surface area contributed by atoms with Crippen LogP contribution in [-0.2, 0) is 6.42 Å². The molecule has 5 aromatic rings. The fourth-order valence-electron chi connectivity index (χ4n) is 3.62. The van der Waals surface area contributed by atoms with E-state index in [1.54, 1.807) is 34.0 Å². The zero-order valence-corrected chi connectivity index (χ0v) is 17.0. The van der Waals surface area contributed by atoms with E-state index in [0.29, 0.717) is 11.4 Å². The van der Waals surface area contributed by atoms with Crippen LogP contribution in [0, 0.1) is 0 Å². The first-order valence-corrected chi connectivity index (χ1v) is 10.1. The van der Waals surface area contributed by atoms with Crippen molar-refractivity contribution in [3.63, 3.8) is 0 Å². The van der Waals surface area contributed by atoms with Crippen molar-refractivity contribution in [3.05, 3.63) is 107 Å². The Hall–Kier alpha value is -4.26. The first kappa shape index (κ1) is 18.7. The number of hydrogen-bond donors (Lipinski definition) is 0. The molecule has 0 spiro atoms. The Balaban J connectivity index is 1.61. The fraction of sp³-hybridized carbons (Fsp3) is 0.0833. The second-order valence-electron chi connectivity index (χ2n) is 7.05. The molecule has 152 valence electrons. The van der Waals surface area contributed by atoms with Crippen molar-refractivity contribution in [2.75, 3.05) is 0 Å². The molecule has 0 atom stereocenters. The normalized spacial score (nSPS) is 11.0. The summed E-state index contributed by atoms with van der Waals surface area (Å²) in [4.78, 5) is 12.7. The number of rotatable bonds is 5. The van der Waals surface area contributed by atoms with E-state index in [0.717, 1.165) is 29.0 Å². The SMILES string of the molecule is CCc1cc(-n2cccn2)ccc1-n1ccc(=O)c(-c2ccnn2-c2ccccc2)n1. The van der Waals surface area contributed by atoms with Crippen LogP contribution in [0.5, 0.6) is 0 Å². The van der Waals surface area contributed by atoms with Crippen molar-refractivity contribution in [2.24, 2.45) is 0 Å².